The lowest BCUT2D eigenvalue weighted by Gasteiger charge is -2.07. The van der Waals surface area contributed by atoms with E-state index in [4.69, 9.17) is 17.3 Å². The summed E-state index contributed by atoms with van der Waals surface area (Å²) in [6, 6.07) is 7.79. The normalized spacial score (nSPS) is 10.8. The standard InChI is InChI=1S/C13H17ClN4/c1-2-4-13-12(8-15)16-17-18(13)9-10-5-3-6-11(14)7-10/h3,5-7H,2,4,8-9,15H2,1H3. The Kier molecular flexibility index (Phi) is 4.33. The van der Waals surface area contributed by atoms with Crippen LogP contribution in [-0.4, -0.2) is 15.0 Å². The van der Waals surface area contributed by atoms with Gasteiger partial charge in [-0.2, -0.15) is 0 Å². The molecule has 0 atom stereocenters. The summed E-state index contributed by atoms with van der Waals surface area (Å²) in [6.45, 7) is 3.25. The van der Waals surface area contributed by atoms with Crippen LogP contribution >= 0.6 is 11.6 Å². The molecule has 0 radical (unpaired) electrons. The summed E-state index contributed by atoms with van der Waals surface area (Å²) >= 11 is 5.98. The summed E-state index contributed by atoms with van der Waals surface area (Å²) in [7, 11) is 0. The van der Waals surface area contributed by atoms with Crippen LogP contribution in [0.4, 0.5) is 0 Å². The van der Waals surface area contributed by atoms with Crippen LogP contribution in [0, 0.1) is 0 Å². The number of hydrogen-bond acceptors (Lipinski definition) is 3. The van der Waals surface area contributed by atoms with Crippen molar-refractivity contribution >= 4 is 11.6 Å². The van der Waals surface area contributed by atoms with Crippen LogP contribution in [-0.2, 0) is 19.5 Å². The third-order valence-corrected chi connectivity index (χ3v) is 3.05. The van der Waals surface area contributed by atoms with E-state index in [1.807, 2.05) is 28.9 Å². The van der Waals surface area contributed by atoms with E-state index in [9.17, 15) is 0 Å². The third-order valence-electron chi connectivity index (χ3n) is 2.82. The van der Waals surface area contributed by atoms with E-state index in [2.05, 4.69) is 17.2 Å². The van der Waals surface area contributed by atoms with Crippen molar-refractivity contribution in [2.45, 2.75) is 32.9 Å². The molecular weight excluding hydrogens is 248 g/mol. The highest BCUT2D eigenvalue weighted by Crippen LogP contribution is 2.14. The molecule has 2 rings (SSSR count). The van der Waals surface area contributed by atoms with Gasteiger partial charge in [-0.25, -0.2) is 4.68 Å². The highest BCUT2D eigenvalue weighted by molar-refractivity contribution is 6.30. The number of nitrogens with two attached hydrogens (primary N) is 1. The average Bonchev–Trinajstić information content (AvgIpc) is 2.72. The molecular formula is C13H17ClN4. The van der Waals surface area contributed by atoms with Gasteiger partial charge in [0.2, 0.25) is 0 Å². The van der Waals surface area contributed by atoms with Crippen LogP contribution in [0.15, 0.2) is 24.3 Å². The number of halogens is 1. The van der Waals surface area contributed by atoms with Gasteiger partial charge in [0.25, 0.3) is 0 Å². The Morgan fingerprint density at radius 3 is 2.89 bits per heavy atom. The van der Waals surface area contributed by atoms with Crippen molar-refractivity contribution in [3.05, 3.63) is 46.2 Å². The third kappa shape index (κ3) is 2.89. The molecule has 1 heterocycles. The van der Waals surface area contributed by atoms with Crippen molar-refractivity contribution in [2.24, 2.45) is 5.73 Å². The maximum Gasteiger partial charge on any atom is 0.0994 e. The van der Waals surface area contributed by atoms with Crippen LogP contribution in [0.3, 0.4) is 0 Å². The lowest BCUT2D eigenvalue weighted by Crippen LogP contribution is -2.08. The van der Waals surface area contributed by atoms with Gasteiger partial charge in [0, 0.05) is 11.6 Å². The summed E-state index contributed by atoms with van der Waals surface area (Å²) in [6.07, 6.45) is 2.00. The molecule has 0 unspecified atom stereocenters. The molecule has 1 aromatic carbocycles. The number of aromatic nitrogens is 3. The summed E-state index contributed by atoms with van der Waals surface area (Å²) in [5.74, 6) is 0. The van der Waals surface area contributed by atoms with Crippen LogP contribution in [0.1, 0.15) is 30.3 Å². The van der Waals surface area contributed by atoms with Crippen molar-refractivity contribution in [2.75, 3.05) is 0 Å². The van der Waals surface area contributed by atoms with Crippen LogP contribution in [0.5, 0.6) is 0 Å². The van der Waals surface area contributed by atoms with Gasteiger partial charge in [-0.05, 0) is 24.1 Å². The molecule has 0 bridgehead atoms. The first-order valence-electron chi connectivity index (χ1n) is 6.10. The Morgan fingerprint density at radius 1 is 1.39 bits per heavy atom. The van der Waals surface area contributed by atoms with Gasteiger partial charge >= 0.3 is 0 Å². The molecule has 0 aliphatic heterocycles. The monoisotopic (exact) mass is 264 g/mol. The minimum Gasteiger partial charge on any atom is -0.325 e. The average molecular weight is 265 g/mol. The SMILES string of the molecule is CCCc1c(CN)nnn1Cc1cccc(Cl)c1. The lowest BCUT2D eigenvalue weighted by atomic mass is 10.2. The first-order chi connectivity index (χ1) is 8.74. The zero-order valence-electron chi connectivity index (χ0n) is 10.4. The lowest BCUT2D eigenvalue weighted by molar-refractivity contribution is 0.613. The number of hydrogen-bond donors (Lipinski definition) is 1. The molecule has 5 heteroatoms. The van der Waals surface area contributed by atoms with Gasteiger partial charge in [-0.3, -0.25) is 0 Å². The summed E-state index contributed by atoms with van der Waals surface area (Å²) in [4.78, 5) is 0. The molecule has 4 nitrogen and oxygen atoms in total. The highest BCUT2D eigenvalue weighted by Gasteiger charge is 2.10. The molecule has 0 amide bonds. The number of nitrogens with zero attached hydrogens (tertiary/aromatic N) is 3. The second-order valence-corrected chi connectivity index (χ2v) is 4.66. The molecule has 0 saturated carbocycles. The Bertz CT molecular complexity index is 521. The minimum atomic E-state index is 0.435. The molecule has 96 valence electrons. The summed E-state index contributed by atoms with van der Waals surface area (Å²) in [5, 5.41) is 9.04. The second kappa shape index (κ2) is 5.98. The molecule has 1 aromatic heterocycles. The van der Waals surface area contributed by atoms with Gasteiger partial charge in [-0.1, -0.05) is 42.3 Å². The van der Waals surface area contributed by atoms with Gasteiger partial charge in [-0.15, -0.1) is 5.10 Å². The van der Waals surface area contributed by atoms with Crippen molar-refractivity contribution in [1.29, 1.82) is 0 Å². The fourth-order valence-electron chi connectivity index (χ4n) is 1.97. The van der Waals surface area contributed by atoms with Crippen molar-refractivity contribution < 1.29 is 0 Å². The Morgan fingerprint density at radius 2 is 2.22 bits per heavy atom. The largest absolute Gasteiger partial charge is 0.325 e. The molecule has 0 saturated heterocycles. The number of rotatable bonds is 5. The van der Waals surface area contributed by atoms with Gasteiger partial charge in [0.1, 0.15) is 0 Å². The Labute approximate surface area is 112 Å². The maximum atomic E-state index is 5.98. The van der Waals surface area contributed by atoms with Crippen LogP contribution in [0.2, 0.25) is 5.02 Å². The predicted octanol–water partition coefficient (Wildman–Crippen LogP) is 2.39. The summed E-state index contributed by atoms with van der Waals surface area (Å²) < 4.78 is 1.91. The first kappa shape index (κ1) is 13.1. The van der Waals surface area contributed by atoms with Crippen molar-refractivity contribution in [1.82, 2.24) is 15.0 Å². The summed E-state index contributed by atoms with van der Waals surface area (Å²) in [5.41, 5.74) is 8.81. The van der Waals surface area contributed by atoms with Crippen molar-refractivity contribution in [3.8, 4) is 0 Å². The molecule has 2 N–H and O–H groups in total. The van der Waals surface area contributed by atoms with E-state index in [1.165, 1.54) is 0 Å². The van der Waals surface area contributed by atoms with E-state index in [1.54, 1.807) is 0 Å². The molecule has 0 aliphatic rings. The van der Waals surface area contributed by atoms with E-state index in [0.717, 1.165) is 34.8 Å². The van der Waals surface area contributed by atoms with Gasteiger partial charge < -0.3 is 5.73 Å². The zero-order chi connectivity index (χ0) is 13.0. The molecule has 18 heavy (non-hydrogen) atoms. The smallest absolute Gasteiger partial charge is 0.0994 e. The van der Waals surface area contributed by atoms with E-state index >= 15 is 0 Å². The van der Waals surface area contributed by atoms with Crippen LogP contribution in [0.25, 0.3) is 0 Å². The minimum absolute atomic E-state index is 0.435. The molecule has 0 aliphatic carbocycles. The van der Waals surface area contributed by atoms with Gasteiger partial charge in [0.15, 0.2) is 0 Å². The highest BCUT2D eigenvalue weighted by atomic mass is 35.5. The predicted molar refractivity (Wildman–Crippen MR) is 72.5 cm³/mol. The fraction of sp³-hybridized carbons (Fsp3) is 0.385. The fourth-order valence-corrected chi connectivity index (χ4v) is 2.19. The molecule has 2 aromatic rings. The Hall–Kier alpha value is -1.39. The zero-order valence-corrected chi connectivity index (χ0v) is 11.2. The second-order valence-electron chi connectivity index (χ2n) is 4.22. The van der Waals surface area contributed by atoms with Crippen molar-refractivity contribution in [3.63, 3.8) is 0 Å². The van der Waals surface area contributed by atoms with E-state index in [-0.39, 0.29) is 0 Å². The van der Waals surface area contributed by atoms with E-state index in [0.29, 0.717) is 13.1 Å². The number of benzene rings is 1. The quantitative estimate of drug-likeness (QED) is 0.902. The first-order valence-corrected chi connectivity index (χ1v) is 6.48. The molecule has 0 spiro atoms. The van der Waals surface area contributed by atoms with E-state index < -0.39 is 0 Å². The van der Waals surface area contributed by atoms with Crippen LogP contribution < -0.4 is 5.73 Å². The molecule has 0 fully saturated rings. The Balaban J connectivity index is 2.25. The topological polar surface area (TPSA) is 56.7 Å². The maximum absolute atomic E-state index is 5.98. The van der Waals surface area contributed by atoms with Gasteiger partial charge in [0.05, 0.1) is 17.9 Å².